The molecule has 4 heteroatoms. The average molecular weight is 321 g/mol. The fraction of sp³-hybridized carbons (Fsp3) is 0.150. The predicted octanol–water partition coefficient (Wildman–Crippen LogP) is 4.21. The summed E-state index contributed by atoms with van der Waals surface area (Å²) in [6.07, 6.45) is 1.74. The summed E-state index contributed by atoms with van der Waals surface area (Å²) in [6.45, 7) is 4.14. The summed E-state index contributed by atoms with van der Waals surface area (Å²) in [5.41, 5.74) is 18.8. The molecule has 0 radical (unpaired) electrons. The Balaban J connectivity index is 2.22. The van der Waals surface area contributed by atoms with Crippen LogP contribution >= 0.6 is 0 Å². The summed E-state index contributed by atoms with van der Waals surface area (Å²) >= 11 is 0. The summed E-state index contributed by atoms with van der Waals surface area (Å²) < 4.78 is 13.6. The molecule has 1 aromatic heterocycles. The second-order valence-corrected chi connectivity index (χ2v) is 5.93. The highest BCUT2D eigenvalue weighted by molar-refractivity contribution is 5.83. The molecule has 1 heterocycles. The van der Waals surface area contributed by atoms with Gasteiger partial charge in [0.25, 0.3) is 0 Å². The molecule has 0 unspecified atom stereocenters. The average Bonchev–Trinajstić information content (AvgIpc) is 2.58. The van der Waals surface area contributed by atoms with Gasteiger partial charge in [0, 0.05) is 29.6 Å². The molecule has 0 saturated heterocycles. The minimum Gasteiger partial charge on any atom is -0.398 e. The number of nitrogens with zero attached hydrogens (tertiary/aromatic N) is 1. The van der Waals surface area contributed by atoms with E-state index < -0.39 is 0 Å². The number of nitrogens with two attached hydrogens (primary N) is 2. The number of hydrogen-bond acceptors (Lipinski definition) is 3. The second-order valence-electron chi connectivity index (χ2n) is 5.93. The molecule has 2 aromatic carbocycles. The number of benzene rings is 2. The van der Waals surface area contributed by atoms with Crippen molar-refractivity contribution in [2.75, 3.05) is 5.73 Å². The molecular formula is C20H20FN3. The highest BCUT2D eigenvalue weighted by Crippen LogP contribution is 2.34. The lowest BCUT2D eigenvalue weighted by Gasteiger charge is -2.15. The third kappa shape index (κ3) is 2.88. The maximum Gasteiger partial charge on any atom is 0.126 e. The van der Waals surface area contributed by atoms with Gasteiger partial charge in [-0.25, -0.2) is 4.39 Å². The molecule has 0 atom stereocenters. The van der Waals surface area contributed by atoms with Crippen molar-refractivity contribution in [3.8, 4) is 22.4 Å². The molecule has 24 heavy (non-hydrogen) atoms. The molecular weight excluding hydrogens is 301 g/mol. The number of halogens is 1. The lowest BCUT2D eigenvalue weighted by atomic mass is 9.93. The first-order chi connectivity index (χ1) is 11.5. The molecule has 0 aliphatic carbocycles. The first-order valence-corrected chi connectivity index (χ1v) is 7.82. The Morgan fingerprint density at radius 2 is 1.79 bits per heavy atom. The summed E-state index contributed by atoms with van der Waals surface area (Å²) in [6, 6.07) is 12.9. The van der Waals surface area contributed by atoms with Gasteiger partial charge in [0.2, 0.25) is 0 Å². The zero-order valence-electron chi connectivity index (χ0n) is 13.8. The topological polar surface area (TPSA) is 64.9 Å². The zero-order valence-corrected chi connectivity index (χ0v) is 13.8. The van der Waals surface area contributed by atoms with Crippen LogP contribution in [0.25, 0.3) is 22.4 Å². The largest absolute Gasteiger partial charge is 0.398 e. The van der Waals surface area contributed by atoms with Crippen molar-refractivity contribution in [3.63, 3.8) is 0 Å². The Morgan fingerprint density at radius 3 is 2.50 bits per heavy atom. The number of pyridine rings is 1. The van der Waals surface area contributed by atoms with Crippen molar-refractivity contribution in [1.82, 2.24) is 4.98 Å². The van der Waals surface area contributed by atoms with E-state index in [9.17, 15) is 4.39 Å². The number of nitrogen functional groups attached to an aromatic ring is 1. The van der Waals surface area contributed by atoms with E-state index in [1.165, 1.54) is 6.07 Å². The van der Waals surface area contributed by atoms with Gasteiger partial charge in [-0.3, -0.25) is 4.98 Å². The van der Waals surface area contributed by atoms with Gasteiger partial charge in [0.15, 0.2) is 0 Å². The van der Waals surface area contributed by atoms with Crippen molar-refractivity contribution < 1.29 is 4.39 Å². The third-order valence-electron chi connectivity index (χ3n) is 4.24. The van der Waals surface area contributed by atoms with Gasteiger partial charge in [-0.1, -0.05) is 6.07 Å². The quantitative estimate of drug-likeness (QED) is 0.710. The van der Waals surface area contributed by atoms with E-state index in [0.29, 0.717) is 17.8 Å². The van der Waals surface area contributed by atoms with Crippen molar-refractivity contribution >= 4 is 5.69 Å². The Kier molecular flexibility index (Phi) is 4.32. The molecule has 122 valence electrons. The molecule has 4 N–H and O–H groups in total. The minimum absolute atomic E-state index is 0.217. The monoisotopic (exact) mass is 321 g/mol. The van der Waals surface area contributed by atoms with E-state index in [0.717, 1.165) is 33.5 Å². The number of anilines is 1. The van der Waals surface area contributed by atoms with E-state index in [-0.39, 0.29) is 5.82 Å². The Bertz CT molecular complexity index is 903. The van der Waals surface area contributed by atoms with Gasteiger partial charge in [-0.05, 0) is 72.5 Å². The van der Waals surface area contributed by atoms with Gasteiger partial charge < -0.3 is 11.5 Å². The van der Waals surface area contributed by atoms with Crippen molar-refractivity contribution in [3.05, 3.63) is 71.2 Å². The normalized spacial score (nSPS) is 10.8. The van der Waals surface area contributed by atoms with Crippen LogP contribution < -0.4 is 11.5 Å². The standard InChI is InChI=1S/C20H20FN3/c1-12-9-19(23)15(11-22)10-17(12)16-4-3-7-24-20(16)14-5-6-18(21)13(2)8-14/h3-10H,11,22-23H2,1-2H3. The molecule has 0 amide bonds. The third-order valence-corrected chi connectivity index (χ3v) is 4.24. The molecule has 3 aromatic rings. The van der Waals surface area contributed by atoms with Crippen LogP contribution in [0.15, 0.2) is 48.7 Å². The first-order valence-electron chi connectivity index (χ1n) is 7.82. The Hall–Kier alpha value is -2.72. The Morgan fingerprint density at radius 1 is 1.00 bits per heavy atom. The van der Waals surface area contributed by atoms with Gasteiger partial charge >= 0.3 is 0 Å². The van der Waals surface area contributed by atoms with Crippen LogP contribution in [0.5, 0.6) is 0 Å². The fourth-order valence-corrected chi connectivity index (χ4v) is 2.89. The van der Waals surface area contributed by atoms with Crippen LogP contribution in [0.4, 0.5) is 10.1 Å². The molecule has 0 bridgehead atoms. The minimum atomic E-state index is -0.217. The maximum absolute atomic E-state index is 13.6. The Labute approximate surface area is 141 Å². The SMILES string of the molecule is Cc1cc(-c2ncccc2-c2cc(CN)c(N)cc2C)ccc1F. The van der Waals surface area contributed by atoms with Crippen LogP contribution in [0.3, 0.4) is 0 Å². The van der Waals surface area contributed by atoms with Gasteiger partial charge in [-0.15, -0.1) is 0 Å². The summed E-state index contributed by atoms with van der Waals surface area (Å²) in [4.78, 5) is 4.53. The highest BCUT2D eigenvalue weighted by atomic mass is 19.1. The van der Waals surface area contributed by atoms with Crippen LogP contribution in [0, 0.1) is 19.7 Å². The van der Waals surface area contributed by atoms with E-state index in [4.69, 9.17) is 11.5 Å². The van der Waals surface area contributed by atoms with Crippen molar-refractivity contribution in [2.24, 2.45) is 5.73 Å². The maximum atomic E-state index is 13.6. The smallest absolute Gasteiger partial charge is 0.126 e. The number of hydrogen-bond donors (Lipinski definition) is 2. The van der Waals surface area contributed by atoms with Gasteiger partial charge in [0.05, 0.1) is 5.69 Å². The molecule has 0 fully saturated rings. The van der Waals surface area contributed by atoms with Crippen molar-refractivity contribution in [1.29, 1.82) is 0 Å². The lowest BCUT2D eigenvalue weighted by Crippen LogP contribution is -2.03. The van der Waals surface area contributed by atoms with E-state index in [1.54, 1.807) is 19.2 Å². The summed E-state index contributed by atoms with van der Waals surface area (Å²) in [5.74, 6) is -0.217. The molecule has 3 rings (SSSR count). The van der Waals surface area contributed by atoms with E-state index in [1.807, 2.05) is 37.3 Å². The predicted molar refractivity (Wildman–Crippen MR) is 96.8 cm³/mol. The lowest BCUT2D eigenvalue weighted by molar-refractivity contribution is 0.619. The highest BCUT2D eigenvalue weighted by Gasteiger charge is 2.13. The number of aryl methyl sites for hydroxylation is 2. The van der Waals surface area contributed by atoms with Crippen LogP contribution in [0.1, 0.15) is 16.7 Å². The van der Waals surface area contributed by atoms with Crippen molar-refractivity contribution in [2.45, 2.75) is 20.4 Å². The number of rotatable bonds is 3. The summed E-state index contributed by atoms with van der Waals surface area (Å²) in [5, 5.41) is 0. The van der Waals surface area contributed by atoms with Gasteiger partial charge in [-0.2, -0.15) is 0 Å². The number of aromatic nitrogens is 1. The fourth-order valence-electron chi connectivity index (χ4n) is 2.89. The van der Waals surface area contributed by atoms with Crippen LogP contribution in [-0.4, -0.2) is 4.98 Å². The molecule has 0 aliphatic rings. The van der Waals surface area contributed by atoms with E-state index in [2.05, 4.69) is 4.98 Å². The zero-order chi connectivity index (χ0) is 17.3. The molecule has 3 nitrogen and oxygen atoms in total. The molecule has 0 aliphatic heterocycles. The van der Waals surface area contributed by atoms with Crippen LogP contribution in [0.2, 0.25) is 0 Å². The summed E-state index contributed by atoms with van der Waals surface area (Å²) in [7, 11) is 0. The second kappa shape index (κ2) is 6.42. The van der Waals surface area contributed by atoms with Crippen LogP contribution in [-0.2, 0) is 6.54 Å². The van der Waals surface area contributed by atoms with Gasteiger partial charge in [0.1, 0.15) is 5.82 Å². The van der Waals surface area contributed by atoms with E-state index >= 15 is 0 Å². The first kappa shape index (κ1) is 16.1. The molecule has 0 saturated carbocycles. The molecule has 0 spiro atoms.